The second kappa shape index (κ2) is 6.88. The van der Waals surface area contributed by atoms with E-state index in [1.54, 1.807) is 30.2 Å². The Balaban J connectivity index is 1.86. The minimum absolute atomic E-state index is 0.0457. The molecule has 2 heterocycles. The first-order valence-corrected chi connectivity index (χ1v) is 6.81. The fourth-order valence-corrected chi connectivity index (χ4v) is 2.10. The van der Waals surface area contributed by atoms with Crippen LogP contribution in [0.3, 0.4) is 0 Å². The molecule has 1 aliphatic heterocycles. The van der Waals surface area contributed by atoms with E-state index in [9.17, 15) is 9.59 Å². The second-order valence-electron chi connectivity index (χ2n) is 4.84. The average Bonchev–Trinajstić information content (AvgIpc) is 2.90. The first kappa shape index (κ1) is 14.3. The number of hydrazone groups is 1. The summed E-state index contributed by atoms with van der Waals surface area (Å²) >= 11 is 0. The third-order valence-electron chi connectivity index (χ3n) is 3.23. The molecule has 6 heteroatoms. The van der Waals surface area contributed by atoms with Gasteiger partial charge in [-0.3, -0.25) is 9.59 Å². The summed E-state index contributed by atoms with van der Waals surface area (Å²) in [5.74, 6) is 0.367. The van der Waals surface area contributed by atoms with Gasteiger partial charge < -0.3 is 9.32 Å². The molecule has 108 valence electrons. The van der Waals surface area contributed by atoms with Crippen molar-refractivity contribution in [1.29, 1.82) is 0 Å². The van der Waals surface area contributed by atoms with Gasteiger partial charge >= 0.3 is 0 Å². The Morgan fingerprint density at radius 2 is 2.30 bits per heavy atom. The first-order valence-electron chi connectivity index (χ1n) is 6.81. The number of hydrogen-bond acceptors (Lipinski definition) is 4. The van der Waals surface area contributed by atoms with E-state index >= 15 is 0 Å². The molecular formula is C14H19N3O3. The van der Waals surface area contributed by atoms with E-state index in [2.05, 4.69) is 10.5 Å². The highest BCUT2D eigenvalue weighted by Crippen LogP contribution is 2.10. The normalized spacial score (nSPS) is 16.9. The van der Waals surface area contributed by atoms with Crippen molar-refractivity contribution in [2.45, 2.75) is 32.6 Å². The van der Waals surface area contributed by atoms with Gasteiger partial charge in [0.05, 0.1) is 6.26 Å². The van der Waals surface area contributed by atoms with E-state index in [1.807, 2.05) is 0 Å². The fraction of sp³-hybridized carbons (Fsp3) is 0.500. The molecule has 2 amide bonds. The summed E-state index contributed by atoms with van der Waals surface area (Å²) in [6.45, 7) is 2.46. The molecule has 6 nitrogen and oxygen atoms in total. The molecule has 2 rings (SSSR count). The largest absolute Gasteiger partial charge is 0.463 e. The highest BCUT2D eigenvalue weighted by molar-refractivity contribution is 5.97. The van der Waals surface area contributed by atoms with Gasteiger partial charge in [-0.25, -0.2) is 5.43 Å². The fourth-order valence-electron chi connectivity index (χ4n) is 2.10. The van der Waals surface area contributed by atoms with E-state index in [0.717, 1.165) is 19.3 Å². The average molecular weight is 277 g/mol. The van der Waals surface area contributed by atoms with Gasteiger partial charge in [-0.15, -0.1) is 0 Å². The maximum absolute atomic E-state index is 11.8. The summed E-state index contributed by atoms with van der Waals surface area (Å²) in [5.41, 5.74) is 3.04. The van der Waals surface area contributed by atoms with Crippen LogP contribution in [0.4, 0.5) is 0 Å². The van der Waals surface area contributed by atoms with Crippen LogP contribution in [0, 0.1) is 0 Å². The lowest BCUT2D eigenvalue weighted by Gasteiger charge is -2.18. The molecule has 1 N–H and O–H groups in total. The monoisotopic (exact) mass is 277 g/mol. The number of nitrogens with zero attached hydrogens (tertiary/aromatic N) is 2. The predicted octanol–water partition coefficient (Wildman–Crippen LogP) is 1.52. The molecule has 0 aromatic carbocycles. The Labute approximate surface area is 117 Å². The van der Waals surface area contributed by atoms with Gasteiger partial charge in [0, 0.05) is 13.0 Å². The number of furan rings is 1. The zero-order valence-electron chi connectivity index (χ0n) is 11.6. The summed E-state index contributed by atoms with van der Waals surface area (Å²) in [5, 5.41) is 3.97. The number of rotatable bonds is 4. The topological polar surface area (TPSA) is 74.9 Å². The van der Waals surface area contributed by atoms with Gasteiger partial charge in [-0.05, 0) is 31.9 Å². The predicted molar refractivity (Wildman–Crippen MR) is 74.1 cm³/mol. The third-order valence-corrected chi connectivity index (χ3v) is 3.23. The van der Waals surface area contributed by atoms with Crippen LogP contribution < -0.4 is 5.43 Å². The van der Waals surface area contributed by atoms with Crippen molar-refractivity contribution in [3.8, 4) is 0 Å². The molecule has 0 saturated carbocycles. The van der Waals surface area contributed by atoms with Gasteiger partial charge in [0.2, 0.25) is 5.91 Å². The number of amides is 2. The van der Waals surface area contributed by atoms with E-state index in [1.165, 1.54) is 0 Å². The molecule has 1 aromatic heterocycles. The van der Waals surface area contributed by atoms with Crippen LogP contribution in [0.1, 0.15) is 38.4 Å². The van der Waals surface area contributed by atoms with Crippen LogP contribution in [0.15, 0.2) is 27.9 Å². The molecule has 1 saturated heterocycles. The number of carbonyl (C=O) groups excluding carboxylic acids is 2. The molecule has 0 aliphatic carbocycles. The van der Waals surface area contributed by atoms with Gasteiger partial charge in [0.15, 0.2) is 0 Å². The molecule has 0 unspecified atom stereocenters. The van der Waals surface area contributed by atoms with Gasteiger partial charge in [0.25, 0.3) is 5.91 Å². The Hall–Kier alpha value is -2.11. The van der Waals surface area contributed by atoms with Gasteiger partial charge in [-0.1, -0.05) is 6.42 Å². The first-order chi connectivity index (χ1) is 9.66. The quantitative estimate of drug-likeness (QED) is 0.669. The summed E-state index contributed by atoms with van der Waals surface area (Å²) in [7, 11) is 0. The maximum Gasteiger partial charge on any atom is 0.259 e. The molecule has 1 aliphatic rings. The van der Waals surface area contributed by atoms with E-state index in [0.29, 0.717) is 24.4 Å². The number of hydrogen-bond donors (Lipinski definition) is 1. The lowest BCUT2D eigenvalue weighted by Crippen LogP contribution is -2.39. The van der Waals surface area contributed by atoms with Crippen LogP contribution in [-0.4, -0.2) is 35.5 Å². The summed E-state index contributed by atoms with van der Waals surface area (Å²) in [6, 6.07) is 3.52. The molecular weight excluding hydrogens is 258 g/mol. The highest BCUT2D eigenvalue weighted by Gasteiger charge is 2.18. The van der Waals surface area contributed by atoms with Crippen molar-refractivity contribution in [1.82, 2.24) is 10.3 Å². The number of carbonyl (C=O) groups is 2. The van der Waals surface area contributed by atoms with Crippen LogP contribution in [0.25, 0.3) is 0 Å². The SMILES string of the molecule is C/C(=N/NC(=O)CN1CCCCCC1=O)c1ccco1. The lowest BCUT2D eigenvalue weighted by molar-refractivity contribution is -0.135. The summed E-state index contributed by atoms with van der Waals surface area (Å²) in [4.78, 5) is 25.2. The van der Waals surface area contributed by atoms with E-state index in [4.69, 9.17) is 4.42 Å². The second-order valence-corrected chi connectivity index (χ2v) is 4.84. The van der Waals surface area contributed by atoms with Crippen molar-refractivity contribution in [2.24, 2.45) is 5.10 Å². The Morgan fingerprint density at radius 1 is 1.45 bits per heavy atom. The minimum Gasteiger partial charge on any atom is -0.463 e. The molecule has 0 bridgehead atoms. The molecule has 20 heavy (non-hydrogen) atoms. The summed E-state index contributed by atoms with van der Waals surface area (Å²) < 4.78 is 5.16. The third kappa shape index (κ3) is 3.94. The Kier molecular flexibility index (Phi) is 4.92. The number of likely N-dealkylation sites (tertiary alicyclic amines) is 1. The maximum atomic E-state index is 11.8. The summed E-state index contributed by atoms with van der Waals surface area (Å²) in [6.07, 6.45) is 4.98. The van der Waals surface area contributed by atoms with Crippen molar-refractivity contribution >= 4 is 17.5 Å². The zero-order chi connectivity index (χ0) is 14.4. The number of nitrogens with one attached hydrogen (secondary N) is 1. The zero-order valence-corrected chi connectivity index (χ0v) is 11.6. The Bertz CT molecular complexity index is 494. The minimum atomic E-state index is -0.286. The van der Waals surface area contributed by atoms with Gasteiger partial charge in [0.1, 0.15) is 18.0 Å². The smallest absolute Gasteiger partial charge is 0.259 e. The van der Waals surface area contributed by atoms with E-state index in [-0.39, 0.29) is 18.4 Å². The highest BCUT2D eigenvalue weighted by atomic mass is 16.3. The molecule has 0 radical (unpaired) electrons. The van der Waals surface area contributed by atoms with Crippen molar-refractivity contribution in [2.75, 3.05) is 13.1 Å². The van der Waals surface area contributed by atoms with Crippen LogP contribution in [0.2, 0.25) is 0 Å². The van der Waals surface area contributed by atoms with Crippen molar-refractivity contribution in [3.63, 3.8) is 0 Å². The molecule has 1 aromatic rings. The Morgan fingerprint density at radius 3 is 3.05 bits per heavy atom. The standard InChI is InChI=1S/C14H19N3O3/c1-11(12-6-5-9-20-12)15-16-13(18)10-17-8-4-2-3-7-14(17)19/h5-6,9H,2-4,7-8,10H2,1H3,(H,16,18)/b15-11-. The van der Waals surface area contributed by atoms with Crippen LogP contribution in [-0.2, 0) is 9.59 Å². The van der Waals surface area contributed by atoms with Crippen LogP contribution >= 0.6 is 0 Å². The molecule has 0 atom stereocenters. The molecule has 1 fully saturated rings. The van der Waals surface area contributed by atoms with Gasteiger partial charge in [-0.2, -0.15) is 5.10 Å². The van der Waals surface area contributed by atoms with Crippen molar-refractivity contribution < 1.29 is 14.0 Å². The van der Waals surface area contributed by atoms with Crippen LogP contribution in [0.5, 0.6) is 0 Å². The van der Waals surface area contributed by atoms with Crippen molar-refractivity contribution in [3.05, 3.63) is 24.2 Å². The van der Waals surface area contributed by atoms with E-state index < -0.39 is 0 Å². The molecule has 0 spiro atoms. The lowest BCUT2D eigenvalue weighted by atomic mass is 10.2.